The molecule has 0 saturated carbocycles. The summed E-state index contributed by atoms with van der Waals surface area (Å²) in [5, 5.41) is 11.6. The number of hydrogen-bond acceptors (Lipinski definition) is 1. The van der Waals surface area contributed by atoms with Gasteiger partial charge in [-0.1, -0.05) is 78.9 Å². The van der Waals surface area contributed by atoms with Gasteiger partial charge in [-0.15, -0.1) is 0 Å². The van der Waals surface area contributed by atoms with Crippen LogP contribution in [-0.4, -0.2) is 19.2 Å². The zero-order valence-electron chi connectivity index (χ0n) is 15.3. The van der Waals surface area contributed by atoms with Gasteiger partial charge in [0.2, 0.25) is 0 Å². The van der Waals surface area contributed by atoms with Crippen LogP contribution in [0.2, 0.25) is 0 Å². The fourth-order valence-corrected chi connectivity index (χ4v) is 3.42. The molecule has 2 N–H and O–H groups in total. The van der Waals surface area contributed by atoms with Crippen molar-refractivity contribution in [3.05, 3.63) is 102 Å². The molecule has 0 radical (unpaired) electrons. The smallest absolute Gasteiger partial charge is 0.133 e. The van der Waals surface area contributed by atoms with Crippen molar-refractivity contribution < 1.29 is 34.0 Å². The fourth-order valence-electron chi connectivity index (χ4n) is 3.42. The van der Waals surface area contributed by atoms with Crippen molar-refractivity contribution in [3.63, 3.8) is 0 Å². The fraction of sp³-hybridized carbons (Fsp3) is 0.217. The topological polar surface area (TPSA) is 24.7 Å². The van der Waals surface area contributed by atoms with Gasteiger partial charge < -0.3 is 34.0 Å². The van der Waals surface area contributed by atoms with Crippen molar-refractivity contribution in [1.29, 1.82) is 0 Å². The molecule has 0 amide bonds. The Bertz CT molecular complexity index is 763. The van der Waals surface area contributed by atoms with E-state index in [0.717, 1.165) is 17.5 Å². The molecule has 0 atom stereocenters. The highest BCUT2D eigenvalue weighted by atomic mass is 127. The van der Waals surface area contributed by atoms with Crippen LogP contribution in [0.4, 0.5) is 5.69 Å². The minimum absolute atomic E-state index is 0. The molecule has 2 nitrogen and oxygen atoms in total. The van der Waals surface area contributed by atoms with Gasteiger partial charge in [0.1, 0.15) is 11.3 Å². The van der Waals surface area contributed by atoms with Crippen LogP contribution in [0.3, 0.4) is 0 Å². The molecule has 0 heterocycles. The number of quaternary nitrogens is 1. The first-order valence-electron chi connectivity index (χ1n) is 8.83. The number of benzene rings is 3. The molecule has 3 rings (SSSR count). The molecule has 136 valence electrons. The average Bonchev–Trinajstić information content (AvgIpc) is 2.67. The number of halogens is 1. The van der Waals surface area contributed by atoms with Crippen molar-refractivity contribution in [2.75, 3.05) is 14.1 Å². The van der Waals surface area contributed by atoms with Crippen LogP contribution in [0, 0.1) is 0 Å². The highest BCUT2D eigenvalue weighted by Gasteiger charge is 2.31. The van der Waals surface area contributed by atoms with Crippen LogP contribution in [0.25, 0.3) is 0 Å². The third-order valence-electron chi connectivity index (χ3n) is 4.81. The van der Waals surface area contributed by atoms with Gasteiger partial charge in [-0.05, 0) is 30.0 Å². The predicted octanol–water partition coefficient (Wildman–Crippen LogP) is 0.335. The lowest BCUT2D eigenvalue weighted by atomic mass is 9.81. The van der Waals surface area contributed by atoms with E-state index in [1.807, 2.05) is 60.7 Å². The minimum Gasteiger partial charge on any atom is -1.00 e. The Morgan fingerprint density at radius 2 is 1.19 bits per heavy atom. The highest BCUT2D eigenvalue weighted by Crippen LogP contribution is 2.34. The van der Waals surface area contributed by atoms with Crippen molar-refractivity contribution in [1.82, 2.24) is 0 Å². The zero-order valence-corrected chi connectivity index (χ0v) is 17.5. The number of nitrogens with one attached hydrogen (secondary N) is 1. The lowest BCUT2D eigenvalue weighted by Gasteiger charge is -2.30. The third-order valence-corrected chi connectivity index (χ3v) is 4.81. The predicted molar refractivity (Wildman–Crippen MR) is 103 cm³/mol. The van der Waals surface area contributed by atoms with Gasteiger partial charge in [-0.25, -0.2) is 0 Å². The Balaban J connectivity index is 0.00000243. The van der Waals surface area contributed by atoms with E-state index in [0.29, 0.717) is 6.42 Å². The van der Waals surface area contributed by atoms with Gasteiger partial charge in [0.25, 0.3) is 0 Å². The van der Waals surface area contributed by atoms with E-state index in [1.54, 1.807) is 0 Å². The van der Waals surface area contributed by atoms with Crippen LogP contribution >= 0.6 is 0 Å². The maximum atomic E-state index is 11.6. The highest BCUT2D eigenvalue weighted by molar-refractivity contribution is 5.41. The molecule has 3 heteroatoms. The quantitative estimate of drug-likeness (QED) is 0.511. The molecule has 3 aromatic rings. The Hall–Kier alpha value is -1.69. The summed E-state index contributed by atoms with van der Waals surface area (Å²) in [6, 6.07) is 28.4. The SMILES string of the molecule is C[NH+](C)c1ccccc1CCC(O)(c1ccccc1)c1ccccc1.[I-]. The lowest BCUT2D eigenvalue weighted by Crippen LogP contribution is -3.00. The molecule has 26 heavy (non-hydrogen) atoms. The molecule has 0 aliphatic rings. The van der Waals surface area contributed by atoms with Crippen LogP contribution in [0.5, 0.6) is 0 Å². The summed E-state index contributed by atoms with van der Waals surface area (Å²) >= 11 is 0. The van der Waals surface area contributed by atoms with Gasteiger partial charge in [-0.2, -0.15) is 0 Å². The second-order valence-electron chi connectivity index (χ2n) is 6.75. The molecule has 3 aromatic carbocycles. The largest absolute Gasteiger partial charge is 1.00 e. The summed E-state index contributed by atoms with van der Waals surface area (Å²) in [5.41, 5.74) is 3.46. The summed E-state index contributed by atoms with van der Waals surface area (Å²) in [4.78, 5) is 1.30. The second kappa shape index (κ2) is 9.31. The van der Waals surface area contributed by atoms with E-state index in [-0.39, 0.29) is 24.0 Å². The molecule has 0 aliphatic carbocycles. The summed E-state index contributed by atoms with van der Waals surface area (Å²) in [6.45, 7) is 0. The number of para-hydroxylation sites is 1. The standard InChI is InChI=1S/C23H25NO.HI/c1-24(2)22-16-10-9-11-19(22)17-18-23(25,20-12-5-3-6-13-20)21-14-7-4-8-15-21;/h3-16,25H,17-18H2,1-2H3;1H. The number of hydrogen-bond donors (Lipinski definition) is 2. The third kappa shape index (κ3) is 4.53. The molecule has 0 bridgehead atoms. The number of rotatable bonds is 6. The molecule has 0 saturated heterocycles. The molecule has 0 spiro atoms. The average molecular weight is 459 g/mol. The Kier molecular flexibility index (Phi) is 7.38. The van der Waals surface area contributed by atoms with Gasteiger partial charge in [0.05, 0.1) is 14.1 Å². The van der Waals surface area contributed by atoms with E-state index in [2.05, 4.69) is 38.4 Å². The van der Waals surface area contributed by atoms with Crippen LogP contribution in [0.1, 0.15) is 23.1 Å². The zero-order chi connectivity index (χ0) is 17.7. The first kappa shape index (κ1) is 20.6. The summed E-state index contributed by atoms with van der Waals surface area (Å²) < 4.78 is 0. The lowest BCUT2D eigenvalue weighted by molar-refractivity contribution is -0.786. The normalized spacial score (nSPS) is 11.2. The maximum absolute atomic E-state index is 11.6. The first-order valence-corrected chi connectivity index (χ1v) is 8.83. The van der Waals surface area contributed by atoms with Gasteiger partial charge in [-0.3, -0.25) is 0 Å². The molecular formula is C23H26INO. The first-order chi connectivity index (χ1) is 12.1. The molecule has 0 aliphatic heterocycles. The molecular weight excluding hydrogens is 433 g/mol. The van der Waals surface area contributed by atoms with Crippen molar-refractivity contribution in [2.45, 2.75) is 18.4 Å². The van der Waals surface area contributed by atoms with Crippen LogP contribution < -0.4 is 28.9 Å². The van der Waals surface area contributed by atoms with E-state index in [4.69, 9.17) is 0 Å². The second-order valence-corrected chi connectivity index (χ2v) is 6.75. The number of aliphatic hydroxyl groups is 1. The molecule has 0 unspecified atom stereocenters. The number of aryl methyl sites for hydroxylation is 1. The van der Waals surface area contributed by atoms with Crippen LogP contribution in [0.15, 0.2) is 84.9 Å². The van der Waals surface area contributed by atoms with Gasteiger partial charge in [0, 0.05) is 5.56 Å². The molecule has 0 fully saturated rings. The van der Waals surface area contributed by atoms with E-state index < -0.39 is 5.60 Å². The van der Waals surface area contributed by atoms with Gasteiger partial charge in [0.15, 0.2) is 0 Å². The summed E-state index contributed by atoms with van der Waals surface area (Å²) in [7, 11) is 4.28. The van der Waals surface area contributed by atoms with Gasteiger partial charge >= 0.3 is 0 Å². The Labute approximate surface area is 173 Å². The monoisotopic (exact) mass is 459 g/mol. The Morgan fingerprint density at radius 1 is 0.731 bits per heavy atom. The molecule has 0 aromatic heterocycles. The van der Waals surface area contributed by atoms with Crippen molar-refractivity contribution >= 4 is 5.69 Å². The van der Waals surface area contributed by atoms with E-state index in [9.17, 15) is 5.11 Å². The maximum Gasteiger partial charge on any atom is 0.133 e. The Morgan fingerprint density at radius 3 is 1.69 bits per heavy atom. The van der Waals surface area contributed by atoms with Crippen LogP contribution in [-0.2, 0) is 12.0 Å². The minimum atomic E-state index is -0.989. The summed E-state index contributed by atoms with van der Waals surface area (Å²) in [5.74, 6) is 0. The van der Waals surface area contributed by atoms with Crippen molar-refractivity contribution in [3.8, 4) is 0 Å². The van der Waals surface area contributed by atoms with Crippen molar-refractivity contribution in [2.24, 2.45) is 0 Å². The van der Waals surface area contributed by atoms with E-state index >= 15 is 0 Å². The summed E-state index contributed by atoms with van der Waals surface area (Å²) in [6.07, 6.45) is 1.47. The van der Waals surface area contributed by atoms with E-state index in [1.165, 1.54) is 16.2 Å².